The van der Waals surface area contributed by atoms with Gasteiger partial charge < -0.3 is 25.2 Å². The van der Waals surface area contributed by atoms with Crippen LogP contribution in [0.2, 0.25) is 5.02 Å². The zero-order valence-corrected chi connectivity index (χ0v) is 22.2. The number of carbonyl (C=O) groups is 3. The largest absolute Gasteiger partial charge is 0.496 e. The molecule has 0 unspecified atom stereocenters. The lowest BCUT2D eigenvalue weighted by atomic mass is 10.1. The van der Waals surface area contributed by atoms with Crippen molar-refractivity contribution in [2.45, 2.75) is 26.3 Å². The first-order valence-electron chi connectivity index (χ1n) is 11.6. The summed E-state index contributed by atoms with van der Waals surface area (Å²) in [7, 11) is 3.07. The van der Waals surface area contributed by atoms with E-state index in [9.17, 15) is 14.4 Å². The number of aromatic nitrogens is 2. The van der Waals surface area contributed by atoms with E-state index in [0.717, 1.165) is 5.57 Å². The van der Waals surface area contributed by atoms with E-state index in [1.54, 1.807) is 59.3 Å². The van der Waals surface area contributed by atoms with Gasteiger partial charge in [0.15, 0.2) is 5.69 Å². The van der Waals surface area contributed by atoms with Crippen LogP contribution >= 0.6 is 11.6 Å². The van der Waals surface area contributed by atoms with E-state index < -0.39 is 30.4 Å². The third-order valence-electron chi connectivity index (χ3n) is 5.39. The van der Waals surface area contributed by atoms with Crippen LogP contribution in [0.15, 0.2) is 60.2 Å². The molecule has 0 aliphatic rings. The van der Waals surface area contributed by atoms with E-state index in [1.807, 2.05) is 13.8 Å². The van der Waals surface area contributed by atoms with E-state index in [2.05, 4.69) is 15.7 Å². The quantitative estimate of drug-likeness (QED) is 0.315. The van der Waals surface area contributed by atoms with Crippen molar-refractivity contribution in [2.24, 2.45) is 0 Å². The van der Waals surface area contributed by atoms with E-state index >= 15 is 0 Å². The molecule has 3 rings (SSSR count). The summed E-state index contributed by atoms with van der Waals surface area (Å²) in [5.74, 6) is -1.16. The molecule has 11 heteroatoms. The lowest BCUT2D eigenvalue weighted by Crippen LogP contribution is -2.39. The summed E-state index contributed by atoms with van der Waals surface area (Å²) in [5.41, 5.74) is 2.72. The van der Waals surface area contributed by atoms with Crippen LogP contribution in [0.3, 0.4) is 0 Å². The second-order valence-electron chi connectivity index (χ2n) is 8.54. The Labute approximate surface area is 225 Å². The van der Waals surface area contributed by atoms with Gasteiger partial charge in [-0.15, -0.1) is 0 Å². The van der Waals surface area contributed by atoms with Crippen molar-refractivity contribution in [1.82, 2.24) is 20.4 Å². The maximum Gasteiger partial charge on any atom is 0.322 e. The predicted octanol–water partition coefficient (Wildman–Crippen LogP) is 3.87. The molecule has 1 heterocycles. The van der Waals surface area contributed by atoms with Gasteiger partial charge >= 0.3 is 5.97 Å². The van der Waals surface area contributed by atoms with Crippen LogP contribution in [-0.4, -0.2) is 59.5 Å². The van der Waals surface area contributed by atoms with Gasteiger partial charge in [-0.05, 0) is 56.3 Å². The zero-order valence-electron chi connectivity index (χ0n) is 21.4. The van der Waals surface area contributed by atoms with Crippen molar-refractivity contribution in [3.63, 3.8) is 0 Å². The number of benzene rings is 2. The number of hydrogen-bond donors (Lipinski definition) is 3. The van der Waals surface area contributed by atoms with E-state index in [0.29, 0.717) is 33.5 Å². The Balaban J connectivity index is 2.03. The normalized spacial score (nSPS) is 11.3. The number of amides is 2. The summed E-state index contributed by atoms with van der Waals surface area (Å²) >= 11 is 6.08. The molecule has 0 saturated heterocycles. The Morgan fingerprint density at radius 3 is 2.26 bits per heavy atom. The first-order valence-corrected chi connectivity index (χ1v) is 12.0. The molecule has 2 aromatic carbocycles. The maximum absolute atomic E-state index is 13.3. The molecule has 0 saturated carbocycles. The summed E-state index contributed by atoms with van der Waals surface area (Å²) in [5, 5.41) is 19.0. The Morgan fingerprint density at radius 1 is 1.08 bits per heavy atom. The number of nitrogens with zero attached hydrogens (tertiary/aromatic N) is 2. The number of allylic oxidation sites excluding steroid dienone is 1. The molecule has 2 amide bonds. The van der Waals surface area contributed by atoms with Crippen LogP contribution in [0.5, 0.6) is 11.5 Å². The number of ether oxygens (including phenoxy) is 2. The molecule has 10 nitrogen and oxygen atoms in total. The Bertz CT molecular complexity index is 1320. The molecule has 0 bridgehead atoms. The second kappa shape index (κ2) is 12.8. The minimum Gasteiger partial charge on any atom is -0.496 e. The first kappa shape index (κ1) is 28.3. The monoisotopic (exact) mass is 540 g/mol. The minimum atomic E-state index is -1.16. The van der Waals surface area contributed by atoms with Gasteiger partial charge in [0.25, 0.3) is 5.91 Å². The van der Waals surface area contributed by atoms with Gasteiger partial charge in [-0.1, -0.05) is 29.3 Å². The summed E-state index contributed by atoms with van der Waals surface area (Å²) < 4.78 is 12.7. The molecule has 1 atom stereocenters. The summed E-state index contributed by atoms with van der Waals surface area (Å²) in [4.78, 5) is 36.4. The molecular weight excluding hydrogens is 512 g/mol. The molecule has 0 aliphatic heterocycles. The van der Waals surface area contributed by atoms with Crippen LogP contribution in [0.4, 0.5) is 0 Å². The van der Waals surface area contributed by atoms with Gasteiger partial charge in [-0.2, -0.15) is 5.10 Å². The van der Waals surface area contributed by atoms with Crippen LogP contribution in [-0.2, 0) is 9.59 Å². The lowest BCUT2D eigenvalue weighted by Gasteiger charge is -2.15. The lowest BCUT2D eigenvalue weighted by molar-refractivity contribution is -0.138. The molecule has 200 valence electrons. The molecule has 3 aromatic rings. The van der Waals surface area contributed by atoms with Gasteiger partial charge in [0.1, 0.15) is 18.0 Å². The Kier molecular flexibility index (Phi) is 9.50. The zero-order chi connectivity index (χ0) is 27.8. The van der Waals surface area contributed by atoms with Crippen molar-refractivity contribution in [3.8, 4) is 28.4 Å². The fourth-order valence-corrected chi connectivity index (χ4v) is 3.92. The van der Waals surface area contributed by atoms with E-state index in [4.69, 9.17) is 26.2 Å². The van der Waals surface area contributed by atoms with Gasteiger partial charge in [-0.3, -0.25) is 14.4 Å². The molecule has 0 aliphatic carbocycles. The van der Waals surface area contributed by atoms with Crippen molar-refractivity contribution >= 4 is 29.4 Å². The van der Waals surface area contributed by atoms with Crippen molar-refractivity contribution in [3.05, 3.63) is 70.9 Å². The topological polar surface area (TPSA) is 132 Å². The average Bonchev–Trinajstić information content (AvgIpc) is 3.32. The first-order chi connectivity index (χ1) is 18.1. The van der Waals surface area contributed by atoms with Crippen molar-refractivity contribution in [1.29, 1.82) is 0 Å². The van der Waals surface area contributed by atoms with E-state index in [-0.39, 0.29) is 12.1 Å². The highest BCUT2D eigenvalue weighted by Gasteiger charge is 2.24. The SMILES string of the molecule is COc1cccc(OC)c1-c1cc(C(=O)N[C@@H](C=C(C)C)CC(=O)NCC(=O)O)nn1-c1ccc(Cl)cc1. The highest BCUT2D eigenvalue weighted by molar-refractivity contribution is 6.30. The summed E-state index contributed by atoms with van der Waals surface area (Å²) in [6.07, 6.45) is 1.58. The molecule has 38 heavy (non-hydrogen) atoms. The third-order valence-corrected chi connectivity index (χ3v) is 5.64. The number of rotatable bonds is 11. The predicted molar refractivity (Wildman–Crippen MR) is 143 cm³/mol. The Hall–Kier alpha value is -4.31. The van der Waals surface area contributed by atoms with E-state index in [1.165, 1.54) is 14.2 Å². The van der Waals surface area contributed by atoms with Gasteiger partial charge in [0.2, 0.25) is 5.91 Å². The molecule has 3 N–H and O–H groups in total. The third kappa shape index (κ3) is 7.13. The fourth-order valence-electron chi connectivity index (χ4n) is 3.80. The number of carboxylic acid groups (broad SMARTS) is 1. The molecule has 0 fully saturated rings. The molecule has 0 spiro atoms. The van der Waals surface area contributed by atoms with Crippen LogP contribution < -0.4 is 20.1 Å². The summed E-state index contributed by atoms with van der Waals surface area (Å²) in [6.45, 7) is 3.15. The van der Waals surface area contributed by atoms with Crippen molar-refractivity contribution in [2.75, 3.05) is 20.8 Å². The van der Waals surface area contributed by atoms with Gasteiger partial charge in [0, 0.05) is 5.02 Å². The number of methoxy groups -OCH3 is 2. The van der Waals surface area contributed by atoms with Gasteiger partial charge in [-0.25, -0.2) is 4.68 Å². The average molecular weight is 541 g/mol. The van der Waals surface area contributed by atoms with Crippen molar-refractivity contribution < 1.29 is 29.0 Å². The number of hydrogen-bond acceptors (Lipinski definition) is 6. The van der Waals surface area contributed by atoms with Crippen LogP contribution in [0, 0.1) is 0 Å². The minimum absolute atomic E-state index is 0.0843. The maximum atomic E-state index is 13.3. The Morgan fingerprint density at radius 2 is 1.71 bits per heavy atom. The molecule has 0 radical (unpaired) electrons. The smallest absolute Gasteiger partial charge is 0.322 e. The van der Waals surface area contributed by atoms with Gasteiger partial charge in [0.05, 0.1) is 43.6 Å². The van der Waals surface area contributed by atoms with Crippen LogP contribution in [0.1, 0.15) is 30.8 Å². The number of halogens is 1. The second-order valence-corrected chi connectivity index (χ2v) is 8.98. The standard InChI is InChI=1S/C27H29ClN4O6/c1-16(2)12-18(13-24(33)29-15-25(34)35)30-27(36)20-14-21(26-22(37-3)6-5-7-23(26)38-4)32(31-20)19-10-8-17(28)9-11-19/h5-12,14,18H,13,15H2,1-4H3,(H,29,33)(H,30,36)(H,34,35)/t18-/m0/s1. The number of carboxylic acids is 1. The fraction of sp³-hybridized carbons (Fsp3) is 0.259. The molecular formula is C27H29ClN4O6. The summed E-state index contributed by atoms with van der Waals surface area (Å²) in [6, 6.07) is 13.2. The number of nitrogens with one attached hydrogen (secondary N) is 2. The molecule has 1 aromatic heterocycles. The van der Waals surface area contributed by atoms with Crippen LogP contribution in [0.25, 0.3) is 16.9 Å². The number of carbonyl (C=O) groups excluding carboxylic acids is 2. The number of aliphatic carboxylic acids is 1. The highest BCUT2D eigenvalue weighted by atomic mass is 35.5. The highest BCUT2D eigenvalue weighted by Crippen LogP contribution is 2.39.